The van der Waals surface area contributed by atoms with Crippen molar-refractivity contribution < 1.29 is 32.8 Å². The summed E-state index contributed by atoms with van der Waals surface area (Å²) in [6.45, 7) is 4.22. The Labute approximate surface area is 192 Å². The van der Waals surface area contributed by atoms with Gasteiger partial charge in [0.15, 0.2) is 0 Å². The zero-order valence-corrected chi connectivity index (χ0v) is 20.2. The number of hydrogen-bond donors (Lipinski definition) is 3. The van der Waals surface area contributed by atoms with Gasteiger partial charge in [-0.2, -0.15) is 8.42 Å². The Morgan fingerprint density at radius 1 is 0.719 bits per heavy atom. The van der Waals surface area contributed by atoms with Gasteiger partial charge in [0.1, 0.15) is 0 Å². The molecule has 8 heteroatoms. The highest BCUT2D eigenvalue weighted by Crippen LogP contribution is 2.30. The monoisotopic (exact) mass is 470 g/mol. The maximum absolute atomic E-state index is 12.2. The van der Waals surface area contributed by atoms with Crippen LogP contribution >= 0.6 is 0 Å². The van der Waals surface area contributed by atoms with E-state index in [1.54, 1.807) is 0 Å². The number of rotatable bonds is 17. The highest BCUT2D eigenvalue weighted by atomic mass is 32.2. The summed E-state index contributed by atoms with van der Waals surface area (Å²) in [6, 6.07) is 0.933. The predicted molar refractivity (Wildman–Crippen MR) is 124 cm³/mol. The molecule has 3 N–H and O–H groups in total. The summed E-state index contributed by atoms with van der Waals surface area (Å²) in [5.74, 6) is -2.76. The van der Waals surface area contributed by atoms with Crippen molar-refractivity contribution in [1.82, 2.24) is 0 Å². The Balaban J connectivity index is 3.30. The SMILES string of the molecule is CCCCCCCCc1c(C(=O)O)cc(S(=O)(=O)O)c(CCCCCCCC)c1C(=O)O. The predicted octanol–water partition coefficient (Wildman–Crippen LogP) is 6.14. The standard InChI is InChI=1S/C24H38O7S/c1-3-5-7-9-11-13-15-18-20(23(25)26)17-21(32(29,30)31)19(22(18)24(27)28)16-14-12-10-8-6-4-2/h17H,3-16H2,1-2H3,(H,25,26)(H,27,28)(H,29,30,31). The van der Waals surface area contributed by atoms with E-state index in [0.29, 0.717) is 12.8 Å². The van der Waals surface area contributed by atoms with Crippen LogP contribution in [0.25, 0.3) is 0 Å². The summed E-state index contributed by atoms with van der Waals surface area (Å²) >= 11 is 0. The van der Waals surface area contributed by atoms with Crippen LogP contribution < -0.4 is 0 Å². The van der Waals surface area contributed by atoms with Gasteiger partial charge in [0.05, 0.1) is 16.0 Å². The van der Waals surface area contributed by atoms with Crippen LogP contribution in [0.2, 0.25) is 0 Å². The van der Waals surface area contributed by atoms with Crippen molar-refractivity contribution >= 4 is 22.1 Å². The number of benzene rings is 1. The molecule has 1 aromatic carbocycles. The van der Waals surface area contributed by atoms with E-state index in [-0.39, 0.29) is 35.1 Å². The van der Waals surface area contributed by atoms with Crippen molar-refractivity contribution in [1.29, 1.82) is 0 Å². The van der Waals surface area contributed by atoms with Crippen molar-refractivity contribution in [3.63, 3.8) is 0 Å². The maximum atomic E-state index is 12.2. The first-order chi connectivity index (χ1) is 15.1. The number of carboxylic acids is 2. The smallest absolute Gasteiger partial charge is 0.336 e. The van der Waals surface area contributed by atoms with Gasteiger partial charge in [-0.05, 0) is 42.9 Å². The highest BCUT2D eigenvalue weighted by Gasteiger charge is 2.29. The van der Waals surface area contributed by atoms with Crippen molar-refractivity contribution in [2.24, 2.45) is 0 Å². The summed E-state index contributed by atoms with van der Waals surface area (Å²) in [6.07, 6.45) is 11.7. The van der Waals surface area contributed by atoms with Crippen molar-refractivity contribution in [3.05, 3.63) is 28.3 Å². The van der Waals surface area contributed by atoms with Crippen LogP contribution in [0.4, 0.5) is 0 Å². The van der Waals surface area contributed by atoms with Gasteiger partial charge >= 0.3 is 11.9 Å². The van der Waals surface area contributed by atoms with Crippen LogP contribution in [0.5, 0.6) is 0 Å². The van der Waals surface area contributed by atoms with Gasteiger partial charge in [0.25, 0.3) is 10.1 Å². The lowest BCUT2D eigenvalue weighted by molar-refractivity contribution is 0.0693. The van der Waals surface area contributed by atoms with Crippen LogP contribution in [0.1, 0.15) is 123 Å². The van der Waals surface area contributed by atoms with Gasteiger partial charge in [-0.1, -0.05) is 78.1 Å². The highest BCUT2D eigenvalue weighted by molar-refractivity contribution is 7.85. The lowest BCUT2D eigenvalue weighted by atomic mass is 9.89. The summed E-state index contributed by atoms with van der Waals surface area (Å²) in [4.78, 5) is 23.4. The average molecular weight is 471 g/mol. The molecule has 0 aromatic heterocycles. The summed E-state index contributed by atoms with van der Waals surface area (Å²) < 4.78 is 33.8. The Kier molecular flexibility index (Phi) is 12.5. The third kappa shape index (κ3) is 8.90. The number of carboxylic acid groups (broad SMARTS) is 2. The van der Waals surface area contributed by atoms with Gasteiger partial charge in [0.2, 0.25) is 0 Å². The van der Waals surface area contributed by atoms with Crippen LogP contribution in [-0.4, -0.2) is 35.1 Å². The van der Waals surface area contributed by atoms with Gasteiger partial charge in [-0.25, -0.2) is 9.59 Å². The Morgan fingerprint density at radius 3 is 1.56 bits per heavy atom. The number of aromatic carboxylic acids is 2. The fourth-order valence-electron chi connectivity index (χ4n) is 4.10. The zero-order chi connectivity index (χ0) is 24.1. The molecule has 0 aliphatic heterocycles. The van der Waals surface area contributed by atoms with Crippen LogP contribution in [0, 0.1) is 0 Å². The topological polar surface area (TPSA) is 129 Å². The summed E-state index contributed by atoms with van der Waals surface area (Å²) in [5, 5.41) is 19.6. The molecule has 0 aliphatic carbocycles. The van der Waals surface area contributed by atoms with Gasteiger partial charge in [-0.3, -0.25) is 4.55 Å². The first-order valence-electron chi connectivity index (χ1n) is 11.8. The van der Waals surface area contributed by atoms with Crippen LogP contribution in [-0.2, 0) is 23.0 Å². The lowest BCUT2D eigenvalue weighted by Crippen LogP contribution is -2.18. The normalized spacial score (nSPS) is 11.6. The molecule has 0 radical (unpaired) electrons. The van der Waals surface area contributed by atoms with Crippen molar-refractivity contribution in [2.45, 2.75) is 109 Å². The minimum Gasteiger partial charge on any atom is -0.478 e. The first kappa shape index (κ1) is 28.1. The maximum Gasteiger partial charge on any atom is 0.336 e. The van der Waals surface area contributed by atoms with E-state index < -0.39 is 27.0 Å². The molecule has 32 heavy (non-hydrogen) atoms. The molecule has 0 heterocycles. The van der Waals surface area contributed by atoms with E-state index in [1.165, 1.54) is 0 Å². The van der Waals surface area contributed by atoms with Crippen molar-refractivity contribution in [3.8, 4) is 0 Å². The van der Waals surface area contributed by atoms with Gasteiger partial charge in [0, 0.05) is 0 Å². The molecule has 182 valence electrons. The Hall–Kier alpha value is -1.93. The van der Waals surface area contributed by atoms with Crippen LogP contribution in [0.3, 0.4) is 0 Å². The van der Waals surface area contributed by atoms with E-state index in [1.807, 2.05) is 0 Å². The fourth-order valence-corrected chi connectivity index (χ4v) is 4.88. The third-order valence-electron chi connectivity index (χ3n) is 5.78. The molecule has 1 aromatic rings. The fraction of sp³-hybridized carbons (Fsp3) is 0.667. The molecule has 1 rings (SSSR count). The zero-order valence-electron chi connectivity index (χ0n) is 19.4. The average Bonchev–Trinajstić information content (AvgIpc) is 2.71. The third-order valence-corrected chi connectivity index (χ3v) is 6.70. The number of unbranched alkanes of at least 4 members (excludes halogenated alkanes) is 10. The lowest BCUT2D eigenvalue weighted by Gasteiger charge is -2.18. The molecular formula is C24H38O7S. The molecule has 0 aliphatic rings. The molecule has 0 amide bonds. The molecular weight excluding hydrogens is 432 g/mol. The second kappa shape index (κ2) is 14.3. The quantitative estimate of drug-likeness (QED) is 0.184. The minimum atomic E-state index is -4.78. The molecule has 0 saturated heterocycles. The Bertz CT molecular complexity index is 860. The molecule has 0 fully saturated rings. The number of carbonyl (C=O) groups is 2. The largest absolute Gasteiger partial charge is 0.478 e. The second-order valence-electron chi connectivity index (χ2n) is 8.38. The van der Waals surface area contributed by atoms with Gasteiger partial charge < -0.3 is 10.2 Å². The van der Waals surface area contributed by atoms with E-state index in [9.17, 15) is 32.8 Å². The van der Waals surface area contributed by atoms with E-state index in [0.717, 1.165) is 70.3 Å². The summed E-state index contributed by atoms with van der Waals surface area (Å²) in [7, 11) is -4.78. The summed E-state index contributed by atoms with van der Waals surface area (Å²) in [5.41, 5.74) is -0.481. The molecule has 0 bridgehead atoms. The number of hydrogen-bond acceptors (Lipinski definition) is 4. The first-order valence-corrected chi connectivity index (χ1v) is 13.2. The van der Waals surface area contributed by atoms with Crippen LogP contribution in [0.15, 0.2) is 11.0 Å². The van der Waals surface area contributed by atoms with Gasteiger partial charge in [-0.15, -0.1) is 0 Å². The van der Waals surface area contributed by atoms with Crippen molar-refractivity contribution in [2.75, 3.05) is 0 Å². The molecule has 0 spiro atoms. The van der Waals surface area contributed by atoms with E-state index in [2.05, 4.69) is 13.8 Å². The molecule has 7 nitrogen and oxygen atoms in total. The second-order valence-corrected chi connectivity index (χ2v) is 9.77. The van der Waals surface area contributed by atoms with E-state index in [4.69, 9.17) is 0 Å². The Morgan fingerprint density at radius 2 is 1.16 bits per heavy atom. The minimum absolute atomic E-state index is 0.0153. The molecule has 0 saturated carbocycles. The molecule has 0 unspecified atom stereocenters. The van der Waals surface area contributed by atoms with E-state index >= 15 is 0 Å². The molecule has 0 atom stereocenters.